The summed E-state index contributed by atoms with van der Waals surface area (Å²) < 4.78 is 17.0. The summed E-state index contributed by atoms with van der Waals surface area (Å²) in [6, 6.07) is 9.84. The van der Waals surface area contributed by atoms with Crippen molar-refractivity contribution in [1.82, 2.24) is 14.9 Å². The van der Waals surface area contributed by atoms with Gasteiger partial charge in [0.1, 0.15) is 12.6 Å². The second-order valence-electron chi connectivity index (χ2n) is 12.9. The van der Waals surface area contributed by atoms with E-state index < -0.39 is 37.7 Å². The second-order valence-corrected chi connectivity index (χ2v) is 19.7. The Bertz CT molecular complexity index is 1760. The number of carbonyl (C=O) groups is 3. The van der Waals surface area contributed by atoms with Crippen LogP contribution in [0.25, 0.3) is 22.3 Å². The van der Waals surface area contributed by atoms with Gasteiger partial charge in [-0.1, -0.05) is 57.6 Å². The molecule has 0 aliphatic carbocycles. The molecule has 0 saturated carbocycles. The molecule has 47 heavy (non-hydrogen) atoms. The van der Waals surface area contributed by atoms with Crippen LogP contribution in [0.1, 0.15) is 55.4 Å². The molecule has 2 N–H and O–H groups in total. The summed E-state index contributed by atoms with van der Waals surface area (Å²) in [7, 11) is -0.532. The highest BCUT2D eigenvalue weighted by molar-refractivity contribution is 8.01. The Morgan fingerprint density at radius 2 is 1.98 bits per heavy atom. The molecule has 1 aromatic carbocycles. The Kier molecular flexibility index (Phi) is 10.5. The van der Waals surface area contributed by atoms with Crippen molar-refractivity contribution in [3.63, 3.8) is 0 Å². The minimum absolute atomic E-state index is 0.0855. The summed E-state index contributed by atoms with van der Waals surface area (Å²) in [6.07, 6.45) is 1.89. The van der Waals surface area contributed by atoms with Crippen molar-refractivity contribution < 1.29 is 33.7 Å². The van der Waals surface area contributed by atoms with Crippen LogP contribution in [0.5, 0.6) is 0 Å². The predicted molar refractivity (Wildman–Crippen MR) is 183 cm³/mol. The number of pyridine rings is 2. The average Bonchev–Trinajstić information content (AvgIpc) is 3.42. The molecule has 4 heterocycles. The highest BCUT2D eigenvalue weighted by Crippen LogP contribution is 2.40. The third-order valence-corrected chi connectivity index (χ3v) is 15.2. The number of benzene rings is 1. The Labute approximate surface area is 279 Å². The predicted octanol–water partition coefficient (Wildman–Crippen LogP) is 4.67. The van der Waals surface area contributed by atoms with E-state index in [2.05, 4.69) is 24.5 Å². The Morgan fingerprint density at radius 3 is 2.70 bits per heavy atom. The fourth-order valence-electron chi connectivity index (χ4n) is 6.19. The number of rotatable bonds is 13. The number of hydrogen-bond acceptors (Lipinski definition) is 10. The molecule has 2 aliphatic heterocycles. The minimum atomic E-state index is -1.88. The number of esters is 2. The highest BCUT2D eigenvalue weighted by Gasteiger charge is 2.45. The Morgan fingerprint density at radius 1 is 1.21 bits per heavy atom. The van der Waals surface area contributed by atoms with Crippen LogP contribution < -0.4 is 10.9 Å². The molecule has 0 spiro atoms. The average molecular weight is 682 g/mol. The lowest BCUT2D eigenvalue weighted by Gasteiger charge is -2.31. The van der Waals surface area contributed by atoms with Crippen molar-refractivity contribution in [1.29, 1.82) is 0 Å². The number of ether oxygens (including phenoxy) is 3. The molecule has 11 nitrogen and oxygen atoms in total. The van der Waals surface area contributed by atoms with Crippen LogP contribution in [0.2, 0.25) is 19.1 Å². The van der Waals surface area contributed by atoms with Crippen LogP contribution >= 0.6 is 11.8 Å². The summed E-state index contributed by atoms with van der Waals surface area (Å²) in [5.41, 5.74) is 2.67. The highest BCUT2D eigenvalue weighted by atomic mass is 32.2. The fourth-order valence-corrected chi connectivity index (χ4v) is 10.8. The van der Waals surface area contributed by atoms with E-state index in [4.69, 9.17) is 19.2 Å². The lowest BCUT2D eigenvalue weighted by molar-refractivity contribution is -0.172. The number of nitrogens with one attached hydrogen (secondary N) is 1. The third kappa shape index (κ3) is 6.97. The number of fused-ring (bicyclic) bond motifs is 5. The number of nitrogens with zero attached hydrogens (tertiary/aromatic N) is 2. The molecule has 2 atom stereocenters. The molecular weight excluding hydrogens is 639 g/mol. The van der Waals surface area contributed by atoms with Crippen LogP contribution in [0.3, 0.4) is 0 Å². The maximum atomic E-state index is 13.8. The van der Waals surface area contributed by atoms with Crippen LogP contribution in [0.15, 0.2) is 35.1 Å². The van der Waals surface area contributed by atoms with Gasteiger partial charge in [0.2, 0.25) is 0 Å². The fraction of sp³-hybridized carbons (Fsp3) is 0.500. The zero-order valence-corrected chi connectivity index (χ0v) is 29.5. The second kappa shape index (κ2) is 14.2. The van der Waals surface area contributed by atoms with E-state index in [9.17, 15) is 24.3 Å². The smallest absolute Gasteiger partial charge is 0.407 e. The molecule has 0 radical (unpaired) electrons. The van der Waals surface area contributed by atoms with E-state index in [1.165, 1.54) is 7.11 Å². The van der Waals surface area contributed by atoms with Gasteiger partial charge in [0.15, 0.2) is 5.60 Å². The van der Waals surface area contributed by atoms with Gasteiger partial charge in [-0.05, 0) is 42.3 Å². The zero-order chi connectivity index (χ0) is 33.9. The molecule has 252 valence electrons. The number of para-hydroxylation sites is 1. The molecule has 0 saturated heterocycles. The Hall–Kier alpha value is -3.68. The van der Waals surface area contributed by atoms with Crippen LogP contribution in [-0.2, 0) is 49.0 Å². The van der Waals surface area contributed by atoms with E-state index in [1.54, 1.807) is 29.3 Å². The molecule has 13 heteroatoms. The van der Waals surface area contributed by atoms with Crippen molar-refractivity contribution in [3.05, 3.63) is 62.9 Å². The third-order valence-electron chi connectivity index (χ3n) is 9.05. The number of methoxy groups -OCH3 is 1. The van der Waals surface area contributed by atoms with Gasteiger partial charge in [0.05, 0.1) is 50.8 Å². The number of aromatic nitrogens is 2. The normalized spacial score (nSPS) is 17.4. The number of aliphatic hydroxyl groups is 1. The largest absolute Gasteiger partial charge is 0.467 e. The van der Waals surface area contributed by atoms with Crippen molar-refractivity contribution >= 4 is 48.8 Å². The molecule has 0 fully saturated rings. The van der Waals surface area contributed by atoms with E-state index in [-0.39, 0.29) is 18.6 Å². The van der Waals surface area contributed by atoms with Gasteiger partial charge in [-0.2, -0.15) is 11.8 Å². The summed E-state index contributed by atoms with van der Waals surface area (Å²) in [4.78, 5) is 55.9. The number of carbonyl (C=O) groups excluding carboxylic acids is 3. The number of aryl methyl sites for hydroxylation is 1. The van der Waals surface area contributed by atoms with Crippen LogP contribution in [-0.4, -0.2) is 71.7 Å². The molecule has 0 bridgehead atoms. The van der Waals surface area contributed by atoms with E-state index in [1.807, 2.05) is 25.1 Å². The molecule has 3 aromatic rings. The van der Waals surface area contributed by atoms with Gasteiger partial charge in [-0.3, -0.25) is 4.79 Å². The van der Waals surface area contributed by atoms with E-state index in [0.29, 0.717) is 41.4 Å². The lowest BCUT2D eigenvalue weighted by Crippen LogP contribution is -2.44. The molecule has 2 unspecified atom stereocenters. The van der Waals surface area contributed by atoms with Gasteiger partial charge in [-0.25, -0.2) is 19.4 Å². The van der Waals surface area contributed by atoms with Gasteiger partial charge in [-0.15, -0.1) is 0 Å². The SMILES string of the molecule is CCCCOC(=O)NC(CSC[Si](C)(C)CCc1c2c(nc3ccccc13)-c1cc3c(c(=O)n1C2)COC(=O)C3(O)CC)C(=O)OC. The van der Waals surface area contributed by atoms with Crippen LogP contribution in [0.4, 0.5) is 4.79 Å². The molecule has 5 rings (SSSR count). The van der Waals surface area contributed by atoms with Gasteiger partial charge >= 0.3 is 18.0 Å². The zero-order valence-electron chi connectivity index (χ0n) is 27.6. The molecular formula is C34H43N3O8SSi. The van der Waals surface area contributed by atoms with Gasteiger partial charge in [0, 0.05) is 22.3 Å². The quantitative estimate of drug-likeness (QED) is 0.0884. The number of unbranched alkanes of at least 4 members (excludes halogenated alkanes) is 1. The first-order chi connectivity index (χ1) is 22.4. The first kappa shape index (κ1) is 34.6. The summed E-state index contributed by atoms with van der Waals surface area (Å²) in [6.45, 7) is 8.78. The maximum Gasteiger partial charge on any atom is 0.407 e. The van der Waals surface area contributed by atoms with Crippen molar-refractivity contribution in [2.45, 2.75) is 83.5 Å². The minimum Gasteiger partial charge on any atom is -0.467 e. The lowest BCUT2D eigenvalue weighted by atomic mass is 9.86. The maximum absolute atomic E-state index is 13.8. The van der Waals surface area contributed by atoms with E-state index >= 15 is 0 Å². The molecule has 2 aliphatic rings. The number of alkyl carbamates (subject to hydrolysis) is 1. The topological polar surface area (TPSA) is 146 Å². The number of hydrogen-bond donors (Lipinski definition) is 2. The standard InChI is InChI=1S/C34H43N3O8SSi/c1-6-8-14-44-33(41)36-27(31(39)43-3)19-46-20-47(4,5)15-13-21-22-11-9-10-12-26(22)35-29-23(21)17-37-28(29)16-25-24(30(37)38)18-45-32(40)34(25,42)7-2/h9-12,16,27,42H,6-8,13-15,17-20H2,1-5H3,(H,36,41). The monoisotopic (exact) mass is 681 g/mol. The van der Waals surface area contributed by atoms with Crippen molar-refractivity contribution in [3.8, 4) is 11.4 Å². The van der Waals surface area contributed by atoms with Crippen molar-refractivity contribution in [2.24, 2.45) is 0 Å². The summed E-state index contributed by atoms with van der Waals surface area (Å²) in [5.74, 6) is -0.875. The Balaban J connectivity index is 1.37. The van der Waals surface area contributed by atoms with E-state index in [0.717, 1.165) is 52.7 Å². The van der Waals surface area contributed by atoms with Crippen molar-refractivity contribution in [2.75, 3.05) is 24.8 Å². The van der Waals surface area contributed by atoms with Gasteiger partial charge in [0.25, 0.3) is 5.56 Å². The number of thioether (sulfide) groups is 1. The first-order valence-corrected chi connectivity index (χ1v) is 20.7. The molecule has 1 amide bonds. The number of amides is 1. The molecule has 2 aromatic heterocycles. The van der Waals surface area contributed by atoms with Gasteiger partial charge < -0.3 is 29.2 Å². The van der Waals surface area contributed by atoms with Crippen LogP contribution in [0, 0.1) is 0 Å². The summed E-state index contributed by atoms with van der Waals surface area (Å²) in [5, 5.41) is 15.8. The summed E-state index contributed by atoms with van der Waals surface area (Å²) >= 11 is 1.62. The number of cyclic esters (lactones) is 1. The first-order valence-electron chi connectivity index (χ1n) is 16.1.